The molecule has 1 N–H and O–H groups in total. The summed E-state index contributed by atoms with van der Waals surface area (Å²) in [5.41, 5.74) is 0.842. The maximum Gasteiger partial charge on any atom is 0.247 e. The number of carbonyl (C=O) groups excluding carboxylic acids is 1. The molecule has 146 valence electrons. The number of amides is 1. The Hall–Kier alpha value is -2.29. The number of hydrogen-bond donors (Lipinski definition) is 1. The van der Waals surface area contributed by atoms with Gasteiger partial charge in [-0.05, 0) is 5.56 Å². The largest absolute Gasteiger partial charge is 0.495 e. The monoisotopic (exact) mass is 412 g/mol. The summed E-state index contributed by atoms with van der Waals surface area (Å²) < 4.78 is 35.5. The summed E-state index contributed by atoms with van der Waals surface area (Å²) in [6.45, 7) is 0. The van der Waals surface area contributed by atoms with E-state index in [2.05, 4.69) is 5.32 Å². The lowest BCUT2D eigenvalue weighted by atomic mass is 10.1. The van der Waals surface area contributed by atoms with Gasteiger partial charge in [0.1, 0.15) is 17.5 Å². The van der Waals surface area contributed by atoms with E-state index in [-0.39, 0.29) is 0 Å². The highest BCUT2D eigenvalue weighted by atomic mass is 35.5. The van der Waals surface area contributed by atoms with Crippen molar-refractivity contribution < 1.29 is 22.7 Å². The van der Waals surface area contributed by atoms with Gasteiger partial charge in [0.25, 0.3) is 0 Å². The molecule has 0 heterocycles. The van der Waals surface area contributed by atoms with Crippen molar-refractivity contribution in [2.45, 2.75) is 6.04 Å². The van der Waals surface area contributed by atoms with Crippen molar-refractivity contribution in [3.05, 3.63) is 53.1 Å². The highest BCUT2D eigenvalue weighted by Gasteiger charge is 2.31. The quantitative estimate of drug-likeness (QED) is 0.755. The number of sulfonamides is 1. The predicted octanol–water partition coefficient (Wildman–Crippen LogP) is 2.93. The third kappa shape index (κ3) is 4.91. The van der Waals surface area contributed by atoms with E-state index in [4.69, 9.17) is 21.1 Å². The number of nitrogens with one attached hydrogen (secondary N) is 1. The van der Waals surface area contributed by atoms with Crippen LogP contribution in [0.25, 0.3) is 0 Å². The minimum atomic E-state index is -3.63. The molecule has 0 radical (unpaired) electrons. The van der Waals surface area contributed by atoms with Crippen molar-refractivity contribution >= 4 is 33.2 Å². The fourth-order valence-corrected chi connectivity index (χ4v) is 3.34. The maximum absolute atomic E-state index is 13.0. The summed E-state index contributed by atoms with van der Waals surface area (Å²) in [5, 5.41) is 3.03. The van der Waals surface area contributed by atoms with Gasteiger partial charge in [-0.15, -0.1) is 0 Å². The molecule has 1 amide bonds. The fraction of sp³-hybridized carbons (Fsp3) is 0.278. The number of nitrogens with zero attached hydrogens (tertiary/aromatic N) is 1. The molecule has 7 nitrogen and oxygen atoms in total. The van der Waals surface area contributed by atoms with Crippen molar-refractivity contribution in [2.24, 2.45) is 0 Å². The van der Waals surface area contributed by atoms with Gasteiger partial charge in [0, 0.05) is 19.2 Å². The molecule has 0 unspecified atom stereocenters. The zero-order valence-electron chi connectivity index (χ0n) is 15.4. The summed E-state index contributed by atoms with van der Waals surface area (Å²) in [7, 11) is 0.610. The molecule has 0 saturated heterocycles. The van der Waals surface area contributed by atoms with Crippen molar-refractivity contribution in [3.8, 4) is 11.5 Å². The first kappa shape index (κ1) is 21.0. The van der Waals surface area contributed by atoms with Gasteiger partial charge in [-0.1, -0.05) is 41.9 Å². The second-order valence-corrected chi connectivity index (χ2v) is 8.22. The third-order valence-electron chi connectivity index (χ3n) is 3.98. The third-order valence-corrected chi connectivity index (χ3v) is 5.53. The molecule has 0 bridgehead atoms. The molecule has 1 atom stereocenters. The van der Waals surface area contributed by atoms with Crippen molar-refractivity contribution in [1.82, 2.24) is 4.31 Å². The van der Waals surface area contributed by atoms with E-state index >= 15 is 0 Å². The Balaban J connectivity index is 2.45. The molecule has 2 aromatic carbocycles. The number of likely N-dealkylation sites (N-methyl/N-ethyl adjacent to an activating group) is 1. The Morgan fingerprint density at radius 1 is 1.11 bits per heavy atom. The number of anilines is 1. The summed E-state index contributed by atoms with van der Waals surface area (Å²) in [5.74, 6) is 0.125. The molecule has 2 rings (SSSR count). The number of halogens is 1. The number of rotatable bonds is 7. The molecular weight excluding hydrogens is 392 g/mol. The van der Waals surface area contributed by atoms with E-state index in [1.807, 2.05) is 0 Å². The standard InChI is InChI=1S/C18H21ClN2O5S/c1-21(27(4,23)24)17(12-8-6-5-7-9-12)18(22)20-14-11-15(25-2)13(19)10-16(14)26-3/h5-11,17H,1-4H3,(H,20,22)/t17-/m0/s1. The molecule has 0 aliphatic carbocycles. The molecule has 0 aliphatic heterocycles. The molecule has 0 aliphatic rings. The van der Waals surface area contributed by atoms with Gasteiger partial charge >= 0.3 is 0 Å². The Kier molecular flexibility index (Phi) is 6.69. The van der Waals surface area contributed by atoms with Gasteiger partial charge in [-0.2, -0.15) is 4.31 Å². The van der Waals surface area contributed by atoms with Crippen LogP contribution in [-0.4, -0.2) is 46.2 Å². The molecule has 27 heavy (non-hydrogen) atoms. The summed E-state index contributed by atoms with van der Waals surface area (Å²) in [4.78, 5) is 13.0. The van der Waals surface area contributed by atoms with Gasteiger partial charge < -0.3 is 14.8 Å². The molecule has 0 spiro atoms. The lowest BCUT2D eigenvalue weighted by Crippen LogP contribution is -2.38. The van der Waals surface area contributed by atoms with Crippen LogP contribution < -0.4 is 14.8 Å². The lowest BCUT2D eigenvalue weighted by Gasteiger charge is -2.26. The van der Waals surface area contributed by atoms with Crippen molar-refractivity contribution in [3.63, 3.8) is 0 Å². The van der Waals surface area contributed by atoms with Crippen molar-refractivity contribution in [2.75, 3.05) is 32.8 Å². The number of methoxy groups -OCH3 is 2. The van der Waals surface area contributed by atoms with Gasteiger partial charge in [0.2, 0.25) is 15.9 Å². The predicted molar refractivity (Wildman–Crippen MR) is 105 cm³/mol. The summed E-state index contributed by atoms with van der Waals surface area (Å²) in [6, 6.07) is 10.6. The Morgan fingerprint density at radius 3 is 2.22 bits per heavy atom. The van der Waals surface area contributed by atoms with E-state index in [1.54, 1.807) is 30.3 Å². The highest BCUT2D eigenvalue weighted by Crippen LogP contribution is 2.36. The first-order valence-electron chi connectivity index (χ1n) is 7.89. The normalized spacial score (nSPS) is 12.5. The van der Waals surface area contributed by atoms with Crippen molar-refractivity contribution in [1.29, 1.82) is 0 Å². The van der Waals surface area contributed by atoms with Gasteiger partial charge in [0.15, 0.2) is 0 Å². The average molecular weight is 413 g/mol. The van der Waals surface area contributed by atoms with Gasteiger partial charge in [-0.25, -0.2) is 8.42 Å². The van der Waals surface area contributed by atoms with Gasteiger partial charge in [0.05, 0.1) is 31.2 Å². The van der Waals surface area contributed by atoms with Crippen LogP contribution in [0.15, 0.2) is 42.5 Å². The summed E-state index contributed by atoms with van der Waals surface area (Å²) >= 11 is 6.08. The van der Waals surface area contributed by atoms with E-state index in [9.17, 15) is 13.2 Å². The minimum absolute atomic E-state index is 0.312. The van der Waals surface area contributed by atoms with E-state index < -0.39 is 22.0 Å². The first-order chi connectivity index (χ1) is 12.7. The molecule has 0 fully saturated rings. The van der Waals surface area contributed by atoms with Crippen LogP contribution in [0.1, 0.15) is 11.6 Å². The SMILES string of the molecule is COc1cc(NC(=O)[C@H](c2ccccc2)N(C)S(C)(=O)=O)c(OC)cc1Cl. The Morgan fingerprint density at radius 2 is 1.70 bits per heavy atom. The lowest BCUT2D eigenvalue weighted by molar-refractivity contribution is -0.119. The topological polar surface area (TPSA) is 84.9 Å². The average Bonchev–Trinajstić information content (AvgIpc) is 2.63. The molecule has 2 aromatic rings. The highest BCUT2D eigenvalue weighted by molar-refractivity contribution is 7.88. The smallest absolute Gasteiger partial charge is 0.247 e. The zero-order valence-corrected chi connectivity index (χ0v) is 17.0. The fourth-order valence-electron chi connectivity index (χ4n) is 2.51. The van der Waals surface area contributed by atoms with Crippen LogP contribution in [0.5, 0.6) is 11.5 Å². The van der Waals surface area contributed by atoms with Crippen LogP contribution in [0.4, 0.5) is 5.69 Å². The Labute approximate surface area is 163 Å². The number of hydrogen-bond acceptors (Lipinski definition) is 5. The number of ether oxygens (including phenoxy) is 2. The second kappa shape index (κ2) is 8.60. The van der Waals surface area contributed by atoms with Crippen LogP contribution in [0, 0.1) is 0 Å². The number of carbonyl (C=O) groups is 1. The Bertz CT molecular complexity index is 919. The van der Waals surface area contributed by atoms with E-state index in [1.165, 1.54) is 33.4 Å². The van der Waals surface area contributed by atoms with Crippen LogP contribution in [0.3, 0.4) is 0 Å². The van der Waals surface area contributed by atoms with Crippen LogP contribution in [-0.2, 0) is 14.8 Å². The first-order valence-corrected chi connectivity index (χ1v) is 10.1. The molecule has 0 aromatic heterocycles. The summed E-state index contributed by atoms with van der Waals surface area (Å²) in [6.07, 6.45) is 1.04. The minimum Gasteiger partial charge on any atom is -0.495 e. The molecular formula is C18H21ClN2O5S. The van der Waals surface area contributed by atoms with Gasteiger partial charge in [-0.3, -0.25) is 4.79 Å². The zero-order chi connectivity index (χ0) is 20.2. The molecule has 9 heteroatoms. The molecule has 0 saturated carbocycles. The maximum atomic E-state index is 13.0. The van der Waals surface area contributed by atoms with E-state index in [0.29, 0.717) is 27.8 Å². The number of benzene rings is 2. The van der Waals surface area contributed by atoms with E-state index in [0.717, 1.165) is 10.6 Å². The van der Waals surface area contributed by atoms with Crippen LogP contribution >= 0.6 is 11.6 Å². The van der Waals surface area contributed by atoms with Crippen LogP contribution in [0.2, 0.25) is 5.02 Å². The second-order valence-electron chi connectivity index (χ2n) is 5.77.